The van der Waals surface area contributed by atoms with Crippen LogP contribution in [0.2, 0.25) is 0 Å². The number of fused-ring (bicyclic) bond motifs is 7. The van der Waals surface area contributed by atoms with Crippen LogP contribution >= 0.6 is 0 Å². The molecule has 0 atom stereocenters. The highest BCUT2D eigenvalue weighted by atomic mass is 16.3. The third-order valence-electron chi connectivity index (χ3n) is 8.82. The average molecular weight is 562 g/mol. The largest absolute Gasteiger partial charge is 0.456 e. The van der Waals surface area contributed by atoms with E-state index in [0.717, 1.165) is 39.0 Å². The Morgan fingerprint density at radius 1 is 0.341 bits per heavy atom. The van der Waals surface area contributed by atoms with E-state index in [1.54, 1.807) is 0 Å². The van der Waals surface area contributed by atoms with Gasteiger partial charge in [0.2, 0.25) is 0 Å². The van der Waals surface area contributed by atoms with Crippen LogP contribution in [0.15, 0.2) is 168 Å². The topological polar surface area (TPSA) is 16.4 Å². The maximum absolute atomic E-state index is 6.22. The predicted octanol–water partition coefficient (Wildman–Crippen LogP) is 12.2. The first kappa shape index (κ1) is 24.7. The minimum absolute atomic E-state index is 0.920. The molecule has 0 N–H and O–H groups in total. The number of hydrogen-bond donors (Lipinski definition) is 0. The highest BCUT2D eigenvalue weighted by molar-refractivity contribution is 6.17. The first-order valence-electron chi connectivity index (χ1n) is 15.0. The van der Waals surface area contributed by atoms with Crippen LogP contribution in [-0.4, -0.2) is 0 Å². The van der Waals surface area contributed by atoms with Gasteiger partial charge in [-0.25, -0.2) is 0 Å². The average Bonchev–Trinajstić information content (AvgIpc) is 3.46. The molecule has 0 aliphatic heterocycles. The number of furan rings is 1. The predicted molar refractivity (Wildman–Crippen MR) is 186 cm³/mol. The molecular weight excluding hydrogens is 534 g/mol. The summed E-state index contributed by atoms with van der Waals surface area (Å²) in [5.41, 5.74) is 7.64. The fraction of sp³-hybridized carbons (Fsp3) is 0. The van der Waals surface area contributed by atoms with Crippen LogP contribution in [0, 0.1) is 0 Å². The van der Waals surface area contributed by atoms with E-state index in [4.69, 9.17) is 4.42 Å². The van der Waals surface area contributed by atoms with Gasteiger partial charge in [-0.2, -0.15) is 0 Å². The second-order valence-corrected chi connectivity index (χ2v) is 11.4. The molecule has 0 spiro atoms. The van der Waals surface area contributed by atoms with Crippen LogP contribution in [0.4, 0.5) is 17.1 Å². The number of para-hydroxylation sites is 1. The summed E-state index contributed by atoms with van der Waals surface area (Å²) in [4.78, 5) is 2.39. The molecule has 9 aromatic rings. The van der Waals surface area contributed by atoms with E-state index in [1.165, 1.54) is 43.4 Å². The van der Waals surface area contributed by atoms with Gasteiger partial charge in [-0.3, -0.25) is 0 Å². The van der Waals surface area contributed by atoms with E-state index >= 15 is 0 Å². The molecule has 0 unspecified atom stereocenters. The Bertz CT molecular complexity index is 2480. The SMILES string of the molecule is c1ccc(-c2ccc(N(c3ccc4ccc5cc6oc7ccccc7c6cc5c4c3)c3cccc4ccccc34)cc2)cc1. The van der Waals surface area contributed by atoms with Gasteiger partial charge in [0, 0.05) is 27.5 Å². The lowest BCUT2D eigenvalue weighted by Gasteiger charge is -2.27. The number of benzene rings is 8. The summed E-state index contributed by atoms with van der Waals surface area (Å²) >= 11 is 0. The van der Waals surface area contributed by atoms with Crippen molar-refractivity contribution in [3.8, 4) is 11.1 Å². The minimum Gasteiger partial charge on any atom is -0.456 e. The molecule has 0 bridgehead atoms. The Labute approximate surface area is 255 Å². The Kier molecular flexibility index (Phi) is 5.54. The van der Waals surface area contributed by atoms with Gasteiger partial charge in [0.05, 0.1) is 5.69 Å². The smallest absolute Gasteiger partial charge is 0.136 e. The zero-order valence-corrected chi connectivity index (χ0v) is 23.9. The van der Waals surface area contributed by atoms with Crippen LogP contribution in [0.25, 0.3) is 65.4 Å². The van der Waals surface area contributed by atoms with Crippen molar-refractivity contribution in [1.82, 2.24) is 0 Å². The number of anilines is 3. The molecule has 1 aromatic heterocycles. The van der Waals surface area contributed by atoms with Crippen molar-refractivity contribution >= 4 is 71.3 Å². The zero-order chi connectivity index (χ0) is 29.0. The molecule has 0 aliphatic carbocycles. The van der Waals surface area contributed by atoms with E-state index in [9.17, 15) is 0 Å². The molecule has 1 heterocycles. The minimum atomic E-state index is 0.920. The van der Waals surface area contributed by atoms with Crippen molar-refractivity contribution in [2.75, 3.05) is 4.90 Å². The molecule has 2 nitrogen and oxygen atoms in total. The first-order valence-corrected chi connectivity index (χ1v) is 15.0. The number of rotatable bonds is 4. The Morgan fingerprint density at radius 2 is 0.977 bits per heavy atom. The second kappa shape index (κ2) is 9.86. The Balaban J connectivity index is 1.28. The summed E-state index contributed by atoms with van der Waals surface area (Å²) in [6, 6.07) is 58.7. The highest BCUT2D eigenvalue weighted by Crippen LogP contribution is 2.42. The van der Waals surface area contributed by atoms with Crippen LogP contribution in [-0.2, 0) is 0 Å². The quantitative estimate of drug-likeness (QED) is 0.199. The highest BCUT2D eigenvalue weighted by Gasteiger charge is 2.17. The van der Waals surface area contributed by atoms with Crippen molar-refractivity contribution < 1.29 is 4.42 Å². The third kappa shape index (κ3) is 3.96. The lowest BCUT2D eigenvalue weighted by Crippen LogP contribution is -2.10. The molecule has 0 aliphatic rings. The second-order valence-electron chi connectivity index (χ2n) is 11.4. The molecule has 0 saturated carbocycles. The van der Waals surface area contributed by atoms with Gasteiger partial charge < -0.3 is 9.32 Å². The maximum atomic E-state index is 6.22. The van der Waals surface area contributed by atoms with E-state index < -0.39 is 0 Å². The molecule has 8 aromatic carbocycles. The molecule has 206 valence electrons. The Hall–Kier alpha value is -5.86. The Morgan fingerprint density at radius 3 is 1.86 bits per heavy atom. The molecule has 2 heteroatoms. The van der Waals surface area contributed by atoms with Gasteiger partial charge in [0.15, 0.2) is 0 Å². The van der Waals surface area contributed by atoms with Gasteiger partial charge in [0.25, 0.3) is 0 Å². The summed E-state index contributed by atoms with van der Waals surface area (Å²) in [7, 11) is 0. The van der Waals surface area contributed by atoms with Crippen molar-refractivity contribution in [1.29, 1.82) is 0 Å². The van der Waals surface area contributed by atoms with Gasteiger partial charge in [0.1, 0.15) is 11.2 Å². The van der Waals surface area contributed by atoms with E-state index in [0.29, 0.717) is 0 Å². The van der Waals surface area contributed by atoms with E-state index in [-0.39, 0.29) is 0 Å². The molecular formula is C42H27NO. The van der Waals surface area contributed by atoms with Gasteiger partial charge in [-0.1, -0.05) is 115 Å². The van der Waals surface area contributed by atoms with Crippen molar-refractivity contribution in [3.05, 3.63) is 164 Å². The molecule has 0 saturated heterocycles. The van der Waals surface area contributed by atoms with Crippen LogP contribution in [0.5, 0.6) is 0 Å². The van der Waals surface area contributed by atoms with Crippen molar-refractivity contribution in [2.45, 2.75) is 0 Å². The van der Waals surface area contributed by atoms with E-state index in [1.807, 2.05) is 12.1 Å². The van der Waals surface area contributed by atoms with Crippen molar-refractivity contribution in [2.24, 2.45) is 0 Å². The summed E-state index contributed by atoms with van der Waals surface area (Å²) in [5.74, 6) is 0. The van der Waals surface area contributed by atoms with Crippen LogP contribution < -0.4 is 4.90 Å². The van der Waals surface area contributed by atoms with Gasteiger partial charge in [-0.05, 0) is 86.6 Å². The van der Waals surface area contributed by atoms with E-state index in [2.05, 4.69) is 157 Å². The summed E-state index contributed by atoms with van der Waals surface area (Å²) < 4.78 is 6.22. The molecule has 0 fully saturated rings. The van der Waals surface area contributed by atoms with Crippen LogP contribution in [0.3, 0.4) is 0 Å². The molecule has 0 amide bonds. The lowest BCUT2D eigenvalue weighted by molar-refractivity contribution is 0.669. The van der Waals surface area contributed by atoms with Gasteiger partial charge in [-0.15, -0.1) is 0 Å². The number of hydrogen-bond acceptors (Lipinski definition) is 2. The summed E-state index contributed by atoms with van der Waals surface area (Å²) in [6.07, 6.45) is 0. The summed E-state index contributed by atoms with van der Waals surface area (Å²) in [5, 5.41) is 9.56. The third-order valence-corrected chi connectivity index (χ3v) is 8.82. The lowest BCUT2D eigenvalue weighted by atomic mass is 9.98. The standard InChI is InChI=1S/C42H27NO/c1-2-9-28(10-3-1)29-19-22-33(23-20-29)43(40-15-8-12-30-11-4-5-13-35(30)40)34-24-21-31-17-18-32-25-42-39(27-38(32)37(31)26-34)36-14-6-7-16-41(36)44-42/h1-27H. The van der Waals surface area contributed by atoms with Crippen LogP contribution in [0.1, 0.15) is 0 Å². The van der Waals surface area contributed by atoms with Crippen molar-refractivity contribution in [3.63, 3.8) is 0 Å². The molecule has 44 heavy (non-hydrogen) atoms. The maximum Gasteiger partial charge on any atom is 0.136 e. The number of nitrogens with zero attached hydrogens (tertiary/aromatic N) is 1. The molecule has 9 rings (SSSR count). The molecule has 0 radical (unpaired) electrons. The monoisotopic (exact) mass is 561 g/mol. The zero-order valence-electron chi connectivity index (χ0n) is 23.9. The fourth-order valence-corrected chi connectivity index (χ4v) is 6.66. The fourth-order valence-electron chi connectivity index (χ4n) is 6.66. The van der Waals surface area contributed by atoms with Gasteiger partial charge >= 0.3 is 0 Å². The normalized spacial score (nSPS) is 11.6. The summed E-state index contributed by atoms with van der Waals surface area (Å²) in [6.45, 7) is 0. The first-order chi connectivity index (χ1) is 21.8.